The van der Waals surface area contributed by atoms with E-state index in [0.717, 1.165) is 85.7 Å². The standard InChI is InChI=1S/C28H33N9O/c1-21(25-14-22(24-17-31-33(3)18-24)19-37-28(25)23(15-29)16-32-37)6-7-26(30-2)35-12-10-34(11-13-35)20-27(38)36-8-4-5-9-36/h6-7,14,16-19H,2,4-5,8-13,20H2,1,3H3/b21-6+,26-7+. The highest BCUT2D eigenvalue weighted by Gasteiger charge is 2.24. The van der Waals surface area contributed by atoms with Crippen LogP contribution in [0.15, 0.2) is 53.8 Å². The van der Waals surface area contributed by atoms with Gasteiger partial charge in [0, 0.05) is 75.4 Å². The first-order chi connectivity index (χ1) is 18.5. The Morgan fingerprint density at radius 3 is 2.47 bits per heavy atom. The number of pyridine rings is 1. The first-order valence-electron chi connectivity index (χ1n) is 13.0. The summed E-state index contributed by atoms with van der Waals surface area (Å²) in [7, 11) is 1.88. The van der Waals surface area contributed by atoms with Gasteiger partial charge in [0.1, 0.15) is 11.9 Å². The molecule has 2 aliphatic heterocycles. The number of aromatic nitrogens is 4. The molecule has 0 saturated carbocycles. The number of allylic oxidation sites excluding steroid dienone is 3. The molecular weight excluding hydrogens is 478 g/mol. The zero-order chi connectivity index (χ0) is 26.6. The minimum Gasteiger partial charge on any atom is -0.354 e. The van der Waals surface area contributed by atoms with Crippen molar-refractivity contribution in [2.45, 2.75) is 19.8 Å². The van der Waals surface area contributed by atoms with E-state index in [1.165, 1.54) is 0 Å². The second kappa shape index (κ2) is 11.0. The molecule has 0 radical (unpaired) electrons. The van der Waals surface area contributed by atoms with Gasteiger partial charge in [0.15, 0.2) is 0 Å². The summed E-state index contributed by atoms with van der Waals surface area (Å²) in [6, 6.07) is 4.34. The lowest BCUT2D eigenvalue weighted by atomic mass is 10.0. The van der Waals surface area contributed by atoms with Crippen LogP contribution in [-0.4, -0.2) is 92.5 Å². The van der Waals surface area contributed by atoms with Gasteiger partial charge in [-0.15, -0.1) is 0 Å². The molecule has 0 spiro atoms. The van der Waals surface area contributed by atoms with E-state index in [9.17, 15) is 10.1 Å². The van der Waals surface area contributed by atoms with Crippen LogP contribution in [0.1, 0.15) is 30.9 Å². The lowest BCUT2D eigenvalue weighted by Gasteiger charge is -2.36. The number of rotatable bonds is 7. The summed E-state index contributed by atoms with van der Waals surface area (Å²) < 4.78 is 3.52. The number of carbonyl (C=O) groups is 1. The molecule has 38 heavy (non-hydrogen) atoms. The molecule has 3 aromatic rings. The summed E-state index contributed by atoms with van der Waals surface area (Å²) in [5, 5.41) is 18.4. The van der Waals surface area contributed by atoms with E-state index in [1.807, 2.05) is 49.6 Å². The Balaban J connectivity index is 1.35. The number of amides is 1. The number of aryl methyl sites for hydroxylation is 1. The number of nitriles is 1. The number of carbonyl (C=O) groups excluding carboxylic acids is 1. The minimum atomic E-state index is 0.239. The van der Waals surface area contributed by atoms with Gasteiger partial charge in [-0.1, -0.05) is 6.08 Å². The zero-order valence-electron chi connectivity index (χ0n) is 22.0. The van der Waals surface area contributed by atoms with Crippen molar-refractivity contribution < 1.29 is 4.79 Å². The summed E-state index contributed by atoms with van der Waals surface area (Å²) >= 11 is 0. The average molecular weight is 512 g/mol. The fourth-order valence-corrected chi connectivity index (χ4v) is 5.17. The Labute approximate surface area is 222 Å². The summed E-state index contributed by atoms with van der Waals surface area (Å²) in [6.45, 7) is 11.3. The van der Waals surface area contributed by atoms with Crippen LogP contribution in [-0.2, 0) is 11.8 Å². The molecule has 2 fully saturated rings. The summed E-state index contributed by atoms with van der Waals surface area (Å²) in [4.78, 5) is 23.2. The van der Waals surface area contributed by atoms with Gasteiger partial charge in [-0.2, -0.15) is 15.5 Å². The first kappa shape index (κ1) is 25.4. The highest BCUT2D eigenvalue weighted by atomic mass is 16.2. The van der Waals surface area contributed by atoms with Crippen LogP contribution in [0.3, 0.4) is 0 Å². The molecule has 0 aromatic carbocycles. The predicted molar refractivity (Wildman–Crippen MR) is 147 cm³/mol. The lowest BCUT2D eigenvalue weighted by Crippen LogP contribution is -2.49. The zero-order valence-corrected chi connectivity index (χ0v) is 22.0. The Kier molecular flexibility index (Phi) is 7.38. The third-order valence-electron chi connectivity index (χ3n) is 7.35. The van der Waals surface area contributed by atoms with E-state index in [0.29, 0.717) is 12.1 Å². The van der Waals surface area contributed by atoms with Gasteiger partial charge >= 0.3 is 0 Å². The van der Waals surface area contributed by atoms with Crippen molar-refractivity contribution in [2.75, 3.05) is 45.8 Å². The monoisotopic (exact) mass is 511 g/mol. The Bertz CT molecular complexity index is 1440. The predicted octanol–water partition coefficient (Wildman–Crippen LogP) is 2.79. The van der Waals surface area contributed by atoms with Crippen LogP contribution in [0.4, 0.5) is 0 Å². The maximum Gasteiger partial charge on any atom is 0.236 e. The number of fused-ring (bicyclic) bond motifs is 1. The van der Waals surface area contributed by atoms with Gasteiger partial charge in [-0.3, -0.25) is 14.4 Å². The van der Waals surface area contributed by atoms with Crippen LogP contribution >= 0.6 is 0 Å². The molecule has 0 bridgehead atoms. The fraction of sp³-hybridized carbons (Fsp3) is 0.393. The number of piperazine rings is 1. The highest BCUT2D eigenvalue weighted by molar-refractivity contribution is 5.84. The number of aliphatic imine (C=N–C) groups is 1. The second-order valence-corrected chi connectivity index (χ2v) is 9.89. The number of hydrogen-bond acceptors (Lipinski definition) is 7. The number of hydrogen-bond donors (Lipinski definition) is 0. The lowest BCUT2D eigenvalue weighted by molar-refractivity contribution is -0.131. The van der Waals surface area contributed by atoms with Crippen LogP contribution in [0, 0.1) is 11.3 Å². The largest absolute Gasteiger partial charge is 0.354 e. The van der Waals surface area contributed by atoms with E-state index >= 15 is 0 Å². The molecule has 0 aliphatic carbocycles. The van der Waals surface area contributed by atoms with Gasteiger partial charge < -0.3 is 9.80 Å². The molecule has 0 N–H and O–H groups in total. The molecule has 5 heterocycles. The van der Waals surface area contributed by atoms with Gasteiger partial charge in [0.25, 0.3) is 0 Å². The van der Waals surface area contributed by atoms with Crippen molar-refractivity contribution in [2.24, 2.45) is 12.0 Å². The Morgan fingerprint density at radius 1 is 1.05 bits per heavy atom. The maximum absolute atomic E-state index is 12.5. The third-order valence-corrected chi connectivity index (χ3v) is 7.35. The molecule has 2 aliphatic rings. The smallest absolute Gasteiger partial charge is 0.236 e. The van der Waals surface area contributed by atoms with Crippen molar-refractivity contribution in [3.05, 3.63) is 60.0 Å². The summed E-state index contributed by atoms with van der Waals surface area (Å²) in [5.41, 5.74) is 5.14. The first-order valence-corrected chi connectivity index (χ1v) is 13.0. The molecule has 196 valence electrons. The molecule has 10 nitrogen and oxygen atoms in total. The number of nitrogens with zero attached hydrogens (tertiary/aromatic N) is 9. The van der Waals surface area contributed by atoms with Crippen LogP contribution in [0.2, 0.25) is 0 Å². The minimum absolute atomic E-state index is 0.239. The van der Waals surface area contributed by atoms with E-state index in [4.69, 9.17) is 0 Å². The molecule has 3 aromatic heterocycles. The molecule has 0 atom stereocenters. The average Bonchev–Trinajstić information content (AvgIpc) is 3.70. The SMILES string of the molecule is C=N/C(=C\C=C(/C)c1cc(-c2cnn(C)c2)cn2ncc(C#N)c12)N1CCN(CC(=O)N2CCCC2)CC1. The third kappa shape index (κ3) is 5.24. The summed E-state index contributed by atoms with van der Waals surface area (Å²) in [6.07, 6.45) is 13.5. The highest BCUT2D eigenvalue weighted by Crippen LogP contribution is 2.29. The molecule has 10 heteroatoms. The van der Waals surface area contributed by atoms with Crippen molar-refractivity contribution in [3.63, 3.8) is 0 Å². The van der Waals surface area contributed by atoms with Crippen LogP contribution in [0.5, 0.6) is 0 Å². The van der Waals surface area contributed by atoms with Gasteiger partial charge in [-0.25, -0.2) is 9.51 Å². The summed E-state index contributed by atoms with van der Waals surface area (Å²) in [5.74, 6) is 1.03. The van der Waals surface area contributed by atoms with E-state index in [1.54, 1.807) is 15.4 Å². The van der Waals surface area contributed by atoms with E-state index in [2.05, 4.69) is 43.8 Å². The normalized spacial score (nSPS) is 17.3. The fourth-order valence-electron chi connectivity index (χ4n) is 5.17. The van der Waals surface area contributed by atoms with Gasteiger partial charge in [0.05, 0.1) is 30.0 Å². The van der Waals surface area contributed by atoms with Crippen molar-refractivity contribution in [1.29, 1.82) is 5.26 Å². The maximum atomic E-state index is 12.5. The topological polar surface area (TPSA) is 98.1 Å². The Morgan fingerprint density at radius 2 is 1.82 bits per heavy atom. The van der Waals surface area contributed by atoms with Crippen molar-refractivity contribution >= 4 is 23.7 Å². The van der Waals surface area contributed by atoms with E-state index < -0.39 is 0 Å². The van der Waals surface area contributed by atoms with E-state index in [-0.39, 0.29) is 5.91 Å². The van der Waals surface area contributed by atoms with Gasteiger partial charge in [-0.05, 0) is 44.2 Å². The molecule has 2 saturated heterocycles. The molecular formula is C28H33N9O. The quantitative estimate of drug-likeness (QED) is 0.357. The Hall–Kier alpha value is -4.23. The molecule has 5 rings (SSSR count). The van der Waals surface area contributed by atoms with Crippen molar-refractivity contribution in [1.82, 2.24) is 34.1 Å². The number of likely N-dealkylation sites (tertiary alicyclic amines) is 1. The van der Waals surface area contributed by atoms with Crippen LogP contribution in [0.25, 0.3) is 22.2 Å². The molecule has 1 amide bonds. The van der Waals surface area contributed by atoms with Crippen LogP contribution < -0.4 is 0 Å². The van der Waals surface area contributed by atoms with Crippen molar-refractivity contribution in [3.8, 4) is 17.2 Å². The second-order valence-electron chi connectivity index (χ2n) is 9.89. The van der Waals surface area contributed by atoms with Gasteiger partial charge in [0.2, 0.25) is 5.91 Å². The molecule has 0 unspecified atom stereocenters.